The molecule has 0 saturated carbocycles. The quantitative estimate of drug-likeness (QED) is 0.787. The van der Waals surface area contributed by atoms with Crippen molar-refractivity contribution >= 4 is 33.1 Å². The average molecular weight is 342 g/mol. The summed E-state index contributed by atoms with van der Waals surface area (Å²) in [6.07, 6.45) is 1.48. The first kappa shape index (κ1) is 14.7. The molecule has 3 rings (SSSR count). The first-order chi connectivity index (χ1) is 10.4. The molecule has 114 valence electrons. The van der Waals surface area contributed by atoms with Crippen molar-refractivity contribution < 1.29 is 12.8 Å². The molecule has 1 N–H and O–H groups in total. The van der Waals surface area contributed by atoms with Crippen LogP contribution in [0.15, 0.2) is 35.6 Å². The Labute approximate surface area is 129 Å². The number of aryl methyl sites for hydroxylation is 1. The Morgan fingerprint density at radius 3 is 2.77 bits per heavy atom. The summed E-state index contributed by atoms with van der Waals surface area (Å²) in [5.74, 6) is -0.672. The Balaban J connectivity index is 2.07. The zero-order valence-corrected chi connectivity index (χ0v) is 12.7. The molecule has 0 radical (unpaired) electrons. The molecular weight excluding hydrogens is 333 g/mol. The number of nitrogens with one attached hydrogen (secondary N) is 1. The number of para-hydroxylation sites is 1. The molecule has 0 fully saturated rings. The monoisotopic (exact) mass is 341 g/mol. The Morgan fingerprint density at radius 1 is 1.32 bits per heavy atom. The average Bonchev–Trinajstić information content (AvgIpc) is 2.90. The largest absolute Gasteiger partial charge is 0.299 e. The minimum atomic E-state index is -4.19. The van der Waals surface area contributed by atoms with Crippen LogP contribution >= 0.6 is 11.6 Å². The lowest BCUT2D eigenvalue weighted by atomic mass is 10.3. The van der Waals surface area contributed by atoms with Crippen LogP contribution in [0.1, 0.15) is 5.69 Å². The van der Waals surface area contributed by atoms with Crippen molar-refractivity contribution in [1.82, 2.24) is 19.6 Å². The minimum absolute atomic E-state index is 0.0679. The highest BCUT2D eigenvalue weighted by Gasteiger charge is 2.24. The van der Waals surface area contributed by atoms with E-state index < -0.39 is 21.0 Å². The van der Waals surface area contributed by atoms with Gasteiger partial charge in [0.15, 0.2) is 0 Å². The first-order valence-electron chi connectivity index (χ1n) is 6.04. The maximum absolute atomic E-state index is 13.7. The van der Waals surface area contributed by atoms with E-state index in [9.17, 15) is 12.8 Å². The number of hydrogen-bond acceptors (Lipinski definition) is 5. The summed E-state index contributed by atoms with van der Waals surface area (Å²) in [7, 11) is -4.19. The van der Waals surface area contributed by atoms with Gasteiger partial charge < -0.3 is 0 Å². The molecule has 10 heteroatoms. The lowest BCUT2D eigenvalue weighted by Crippen LogP contribution is -2.16. The number of sulfonamides is 1. The predicted octanol–water partition coefficient (Wildman–Crippen LogP) is 2.03. The van der Waals surface area contributed by atoms with Crippen LogP contribution in [0, 0.1) is 12.7 Å². The fourth-order valence-electron chi connectivity index (χ4n) is 1.78. The number of fused-ring (bicyclic) bond motifs is 1. The molecule has 0 aliphatic rings. The molecule has 0 saturated heterocycles. The van der Waals surface area contributed by atoms with E-state index in [0.717, 1.165) is 6.07 Å². The molecular formula is C12H9ClFN5O2S. The van der Waals surface area contributed by atoms with Crippen LogP contribution in [-0.2, 0) is 10.0 Å². The van der Waals surface area contributed by atoms with Crippen molar-refractivity contribution in [3.63, 3.8) is 0 Å². The summed E-state index contributed by atoms with van der Waals surface area (Å²) < 4.78 is 41.6. The van der Waals surface area contributed by atoms with E-state index in [-0.39, 0.29) is 16.5 Å². The summed E-state index contributed by atoms with van der Waals surface area (Å²) in [6, 6.07) is 5.48. The summed E-state index contributed by atoms with van der Waals surface area (Å²) in [4.78, 5) is 7.74. The van der Waals surface area contributed by atoms with Crippen LogP contribution in [0.25, 0.3) is 5.78 Å². The summed E-state index contributed by atoms with van der Waals surface area (Å²) in [6.45, 7) is 1.72. The SMILES string of the molecule is Cc1ccnc2nc(S(=O)(=O)Nc3c(F)cccc3Cl)nn12. The molecule has 0 amide bonds. The maximum atomic E-state index is 13.7. The van der Waals surface area contributed by atoms with E-state index >= 15 is 0 Å². The van der Waals surface area contributed by atoms with Gasteiger partial charge in [0.1, 0.15) is 11.5 Å². The highest BCUT2D eigenvalue weighted by atomic mass is 35.5. The fourth-order valence-corrected chi connectivity index (χ4v) is 3.00. The molecule has 0 atom stereocenters. The third kappa shape index (κ3) is 2.48. The number of benzene rings is 1. The summed E-state index contributed by atoms with van der Waals surface area (Å²) >= 11 is 5.80. The Bertz CT molecular complexity index is 953. The molecule has 2 heterocycles. The highest BCUT2D eigenvalue weighted by Crippen LogP contribution is 2.26. The normalized spacial score (nSPS) is 11.8. The van der Waals surface area contributed by atoms with Crippen molar-refractivity contribution in [2.75, 3.05) is 4.72 Å². The Hall–Kier alpha value is -2.26. The second kappa shape index (κ2) is 5.18. The zero-order chi connectivity index (χ0) is 15.9. The fraction of sp³-hybridized carbons (Fsp3) is 0.0833. The van der Waals surface area contributed by atoms with Gasteiger partial charge in [-0.1, -0.05) is 17.7 Å². The van der Waals surface area contributed by atoms with E-state index in [2.05, 4.69) is 19.8 Å². The van der Waals surface area contributed by atoms with E-state index in [1.165, 1.54) is 22.8 Å². The molecule has 0 aliphatic heterocycles. The second-order valence-electron chi connectivity index (χ2n) is 4.39. The van der Waals surface area contributed by atoms with Crippen molar-refractivity contribution in [2.24, 2.45) is 0 Å². The Kier molecular flexibility index (Phi) is 3.45. The van der Waals surface area contributed by atoms with Crippen LogP contribution < -0.4 is 4.72 Å². The van der Waals surface area contributed by atoms with Crippen molar-refractivity contribution in [3.05, 3.63) is 47.0 Å². The van der Waals surface area contributed by atoms with E-state index in [4.69, 9.17) is 11.6 Å². The molecule has 22 heavy (non-hydrogen) atoms. The summed E-state index contributed by atoms with van der Waals surface area (Å²) in [5, 5.41) is 3.28. The van der Waals surface area contributed by atoms with E-state index in [1.807, 2.05) is 0 Å². The van der Waals surface area contributed by atoms with E-state index in [1.54, 1.807) is 13.0 Å². The van der Waals surface area contributed by atoms with Gasteiger partial charge in [-0.05, 0) is 25.1 Å². The van der Waals surface area contributed by atoms with Gasteiger partial charge in [0.2, 0.25) is 0 Å². The van der Waals surface area contributed by atoms with Gasteiger partial charge in [-0.2, -0.15) is 13.4 Å². The van der Waals surface area contributed by atoms with Crippen LogP contribution in [0.3, 0.4) is 0 Å². The number of hydrogen-bond donors (Lipinski definition) is 1. The molecule has 1 aromatic carbocycles. The molecule has 3 aromatic rings. The zero-order valence-electron chi connectivity index (χ0n) is 11.2. The third-order valence-electron chi connectivity index (χ3n) is 2.85. The third-order valence-corrected chi connectivity index (χ3v) is 4.29. The Morgan fingerprint density at radius 2 is 2.09 bits per heavy atom. The predicted molar refractivity (Wildman–Crippen MR) is 77.7 cm³/mol. The van der Waals surface area contributed by atoms with Gasteiger partial charge in [-0.25, -0.2) is 13.9 Å². The van der Waals surface area contributed by atoms with Gasteiger partial charge in [0, 0.05) is 11.9 Å². The molecule has 7 nitrogen and oxygen atoms in total. The van der Waals surface area contributed by atoms with Crippen molar-refractivity contribution in [2.45, 2.75) is 12.1 Å². The van der Waals surface area contributed by atoms with E-state index in [0.29, 0.717) is 5.69 Å². The van der Waals surface area contributed by atoms with Crippen molar-refractivity contribution in [3.8, 4) is 0 Å². The topological polar surface area (TPSA) is 89.2 Å². The van der Waals surface area contributed by atoms with Gasteiger partial charge >= 0.3 is 0 Å². The van der Waals surface area contributed by atoms with Crippen LogP contribution in [0.2, 0.25) is 5.02 Å². The molecule has 0 unspecified atom stereocenters. The van der Waals surface area contributed by atoms with Crippen molar-refractivity contribution in [1.29, 1.82) is 0 Å². The number of halogens is 2. The van der Waals surface area contributed by atoms with Gasteiger partial charge in [0.25, 0.3) is 21.0 Å². The highest BCUT2D eigenvalue weighted by molar-refractivity contribution is 7.92. The van der Waals surface area contributed by atoms with Gasteiger partial charge in [0.05, 0.1) is 5.02 Å². The van der Waals surface area contributed by atoms with Crippen LogP contribution in [0.4, 0.5) is 10.1 Å². The number of nitrogens with zero attached hydrogens (tertiary/aromatic N) is 4. The molecule has 0 bridgehead atoms. The standard InChI is InChI=1S/C12H9ClFN5O2S/c1-7-5-6-15-11-16-12(17-19(7)11)22(20,21)18-10-8(13)3-2-4-9(10)14/h2-6,18H,1H3. The molecule has 2 aromatic heterocycles. The number of aromatic nitrogens is 4. The first-order valence-corrected chi connectivity index (χ1v) is 7.90. The lowest BCUT2D eigenvalue weighted by Gasteiger charge is -2.07. The molecule has 0 spiro atoms. The van der Waals surface area contributed by atoms with Gasteiger partial charge in [-0.15, -0.1) is 5.10 Å². The number of anilines is 1. The second-order valence-corrected chi connectivity index (χ2v) is 6.38. The maximum Gasteiger partial charge on any atom is 0.299 e. The lowest BCUT2D eigenvalue weighted by molar-refractivity contribution is 0.590. The van der Waals surface area contributed by atoms with Gasteiger partial charge in [-0.3, -0.25) is 4.72 Å². The summed E-state index contributed by atoms with van der Waals surface area (Å²) in [5.41, 5.74) is 0.301. The molecule has 0 aliphatic carbocycles. The smallest absolute Gasteiger partial charge is 0.272 e. The minimum Gasteiger partial charge on any atom is -0.272 e. The van der Waals surface area contributed by atoms with Crippen LogP contribution in [-0.4, -0.2) is 28.0 Å². The number of rotatable bonds is 3. The van der Waals surface area contributed by atoms with Crippen LogP contribution in [0.5, 0.6) is 0 Å².